The number of carbonyl (C=O) groups excluding carboxylic acids is 3. The highest BCUT2D eigenvalue weighted by molar-refractivity contribution is 6.13. The predicted octanol–water partition coefficient (Wildman–Crippen LogP) is 4.19. The van der Waals surface area contributed by atoms with E-state index in [1.54, 1.807) is 72.8 Å². The van der Waals surface area contributed by atoms with Gasteiger partial charge in [0.05, 0.1) is 0 Å². The quantitative estimate of drug-likeness (QED) is 0.226. The number of anilines is 6. The Morgan fingerprint density at radius 1 is 0.444 bits per heavy atom. The molecule has 0 bridgehead atoms. The molecule has 9 N–H and O–H groups in total. The molecule has 0 fully saturated rings. The number of hydrogen-bond donors (Lipinski definition) is 6. The number of benzene rings is 4. The van der Waals surface area contributed by atoms with E-state index in [9.17, 15) is 14.4 Å². The molecule has 0 aliphatic rings. The van der Waals surface area contributed by atoms with E-state index >= 15 is 0 Å². The second-order valence-electron chi connectivity index (χ2n) is 8.04. The number of amides is 3. The van der Waals surface area contributed by atoms with Crippen LogP contribution >= 0.6 is 0 Å². The van der Waals surface area contributed by atoms with Gasteiger partial charge in [-0.1, -0.05) is 18.2 Å². The molecule has 0 saturated carbocycles. The standard InChI is InChI=1S/C27H24N6O3/c28-19-4-1-7-22(13-19)31-25(34)16-10-17(26(35)32-23-8-2-5-20(29)14-23)12-18(11-16)27(36)33-24-9-3-6-21(30)15-24/h1-15H,28-30H2,(H,31,34)(H,32,35)(H,33,36). The SMILES string of the molecule is Nc1cccc(NC(=O)c2cc(C(=O)Nc3cccc(N)c3)cc(C(=O)Nc3cccc(N)c3)c2)c1. The average molecular weight is 481 g/mol. The lowest BCUT2D eigenvalue weighted by Crippen LogP contribution is -2.19. The summed E-state index contributed by atoms with van der Waals surface area (Å²) in [5.74, 6) is -1.55. The van der Waals surface area contributed by atoms with Gasteiger partial charge in [0.25, 0.3) is 17.7 Å². The van der Waals surface area contributed by atoms with Crippen LogP contribution in [0.3, 0.4) is 0 Å². The van der Waals surface area contributed by atoms with E-state index in [1.165, 1.54) is 18.2 Å². The zero-order valence-corrected chi connectivity index (χ0v) is 19.1. The zero-order chi connectivity index (χ0) is 25.7. The van der Waals surface area contributed by atoms with Crippen LogP contribution in [0.2, 0.25) is 0 Å². The van der Waals surface area contributed by atoms with Crippen LogP contribution in [0.1, 0.15) is 31.1 Å². The fraction of sp³-hybridized carbons (Fsp3) is 0. The van der Waals surface area contributed by atoms with E-state index in [2.05, 4.69) is 16.0 Å². The minimum Gasteiger partial charge on any atom is -0.399 e. The van der Waals surface area contributed by atoms with E-state index in [-0.39, 0.29) is 16.7 Å². The van der Waals surface area contributed by atoms with E-state index in [0.717, 1.165) is 0 Å². The van der Waals surface area contributed by atoms with Crippen molar-refractivity contribution in [1.29, 1.82) is 0 Å². The summed E-state index contributed by atoms with van der Waals surface area (Å²) >= 11 is 0. The smallest absolute Gasteiger partial charge is 0.255 e. The maximum Gasteiger partial charge on any atom is 0.255 e. The lowest BCUT2D eigenvalue weighted by atomic mass is 10.0. The van der Waals surface area contributed by atoms with Crippen LogP contribution in [0.15, 0.2) is 91.0 Å². The normalized spacial score (nSPS) is 10.3. The van der Waals surface area contributed by atoms with Crippen molar-refractivity contribution >= 4 is 51.8 Å². The molecule has 36 heavy (non-hydrogen) atoms. The van der Waals surface area contributed by atoms with Crippen molar-refractivity contribution in [3.05, 3.63) is 108 Å². The molecule has 0 aliphatic carbocycles. The van der Waals surface area contributed by atoms with E-state index < -0.39 is 17.7 Å². The molecule has 4 rings (SSSR count). The Morgan fingerprint density at radius 3 is 0.972 bits per heavy atom. The molecule has 4 aromatic rings. The predicted molar refractivity (Wildman–Crippen MR) is 143 cm³/mol. The molecule has 4 aromatic carbocycles. The fourth-order valence-corrected chi connectivity index (χ4v) is 3.48. The van der Waals surface area contributed by atoms with Crippen molar-refractivity contribution in [1.82, 2.24) is 0 Å². The molecule has 0 spiro atoms. The van der Waals surface area contributed by atoms with Crippen molar-refractivity contribution in [3.8, 4) is 0 Å². The van der Waals surface area contributed by atoms with Crippen molar-refractivity contribution in [2.75, 3.05) is 33.2 Å². The monoisotopic (exact) mass is 480 g/mol. The Labute approximate surface area is 207 Å². The summed E-state index contributed by atoms with van der Waals surface area (Å²) in [6.45, 7) is 0. The van der Waals surface area contributed by atoms with Crippen molar-refractivity contribution in [2.24, 2.45) is 0 Å². The minimum atomic E-state index is -0.516. The van der Waals surface area contributed by atoms with Gasteiger partial charge in [0.15, 0.2) is 0 Å². The third-order valence-electron chi connectivity index (χ3n) is 5.15. The van der Waals surface area contributed by atoms with E-state index in [1.807, 2.05) is 0 Å². The Morgan fingerprint density at radius 2 is 0.722 bits per heavy atom. The van der Waals surface area contributed by atoms with Gasteiger partial charge < -0.3 is 33.2 Å². The number of carbonyl (C=O) groups is 3. The summed E-state index contributed by atoms with van der Waals surface area (Å²) in [6.07, 6.45) is 0. The molecular weight excluding hydrogens is 456 g/mol. The highest BCUT2D eigenvalue weighted by Gasteiger charge is 2.17. The van der Waals surface area contributed by atoms with Crippen LogP contribution in [0.25, 0.3) is 0 Å². The van der Waals surface area contributed by atoms with Crippen LogP contribution in [-0.4, -0.2) is 17.7 Å². The van der Waals surface area contributed by atoms with Gasteiger partial charge in [-0.05, 0) is 72.8 Å². The molecule has 0 aliphatic heterocycles. The molecule has 0 heterocycles. The van der Waals surface area contributed by atoms with Gasteiger partial charge in [0, 0.05) is 50.8 Å². The number of nitrogens with one attached hydrogen (secondary N) is 3. The molecule has 0 radical (unpaired) electrons. The van der Waals surface area contributed by atoms with Crippen molar-refractivity contribution < 1.29 is 14.4 Å². The number of rotatable bonds is 6. The Hall–Kier alpha value is -5.31. The van der Waals surface area contributed by atoms with Gasteiger partial charge in [-0.2, -0.15) is 0 Å². The summed E-state index contributed by atoms with van der Waals surface area (Å²) in [5.41, 5.74) is 20.6. The molecule has 9 nitrogen and oxygen atoms in total. The van der Waals surface area contributed by atoms with Crippen molar-refractivity contribution in [2.45, 2.75) is 0 Å². The lowest BCUT2D eigenvalue weighted by molar-refractivity contribution is 0.102. The first-order valence-corrected chi connectivity index (χ1v) is 10.9. The zero-order valence-electron chi connectivity index (χ0n) is 19.1. The molecular formula is C27H24N6O3. The van der Waals surface area contributed by atoms with E-state index in [4.69, 9.17) is 17.2 Å². The molecule has 0 saturated heterocycles. The maximum absolute atomic E-state index is 13.0. The summed E-state index contributed by atoms with van der Waals surface area (Å²) in [4.78, 5) is 39.1. The van der Waals surface area contributed by atoms with Crippen LogP contribution in [0, 0.1) is 0 Å². The van der Waals surface area contributed by atoms with Crippen molar-refractivity contribution in [3.63, 3.8) is 0 Å². The molecule has 180 valence electrons. The molecule has 0 unspecified atom stereocenters. The fourth-order valence-electron chi connectivity index (χ4n) is 3.48. The van der Waals surface area contributed by atoms with Crippen LogP contribution in [0.4, 0.5) is 34.1 Å². The van der Waals surface area contributed by atoms with Crippen LogP contribution < -0.4 is 33.2 Å². The molecule has 3 amide bonds. The second-order valence-corrected chi connectivity index (χ2v) is 8.04. The first-order valence-electron chi connectivity index (χ1n) is 10.9. The van der Waals surface area contributed by atoms with Gasteiger partial charge in [-0.3, -0.25) is 14.4 Å². The first-order chi connectivity index (χ1) is 17.3. The molecule has 9 heteroatoms. The van der Waals surface area contributed by atoms with Gasteiger partial charge in [-0.15, -0.1) is 0 Å². The largest absolute Gasteiger partial charge is 0.399 e. The summed E-state index contributed by atoms with van der Waals surface area (Å²) in [5, 5.41) is 8.19. The Kier molecular flexibility index (Phi) is 6.83. The number of nitrogen functional groups attached to an aromatic ring is 3. The minimum absolute atomic E-state index is 0.107. The Balaban J connectivity index is 1.66. The summed E-state index contributed by atoms with van der Waals surface area (Å²) in [6, 6.07) is 24.2. The average Bonchev–Trinajstić information content (AvgIpc) is 2.84. The third-order valence-corrected chi connectivity index (χ3v) is 5.15. The number of nitrogens with two attached hydrogens (primary N) is 3. The van der Waals surface area contributed by atoms with Crippen LogP contribution in [-0.2, 0) is 0 Å². The molecule has 0 atom stereocenters. The van der Waals surface area contributed by atoms with Crippen LogP contribution in [0.5, 0.6) is 0 Å². The number of hydrogen-bond acceptors (Lipinski definition) is 6. The second kappa shape index (κ2) is 10.3. The maximum atomic E-state index is 13.0. The Bertz CT molecular complexity index is 1280. The summed E-state index contributed by atoms with van der Waals surface area (Å²) < 4.78 is 0. The third kappa shape index (κ3) is 5.97. The highest BCUT2D eigenvalue weighted by atomic mass is 16.2. The first kappa shape index (κ1) is 23.8. The molecule has 0 aromatic heterocycles. The van der Waals surface area contributed by atoms with Gasteiger partial charge >= 0.3 is 0 Å². The van der Waals surface area contributed by atoms with Gasteiger partial charge in [0.1, 0.15) is 0 Å². The highest BCUT2D eigenvalue weighted by Crippen LogP contribution is 2.20. The summed E-state index contributed by atoms with van der Waals surface area (Å²) in [7, 11) is 0. The van der Waals surface area contributed by atoms with E-state index in [0.29, 0.717) is 34.1 Å². The lowest BCUT2D eigenvalue weighted by Gasteiger charge is -2.12. The topological polar surface area (TPSA) is 165 Å². The van der Waals surface area contributed by atoms with Gasteiger partial charge in [-0.25, -0.2) is 0 Å². The van der Waals surface area contributed by atoms with Gasteiger partial charge in [0.2, 0.25) is 0 Å².